The fraction of sp³-hybridized carbons (Fsp3) is 0.154. The molecular weight excluding hydrogens is 289 g/mol. The third kappa shape index (κ3) is 2.62. The van der Waals surface area contributed by atoms with Gasteiger partial charge in [0.1, 0.15) is 17.5 Å². The normalized spacial score (nSPS) is 14.0. The van der Waals surface area contributed by atoms with Gasteiger partial charge in [0.15, 0.2) is 0 Å². The van der Waals surface area contributed by atoms with Crippen LogP contribution < -0.4 is 10.6 Å². The molecule has 1 aromatic carbocycles. The van der Waals surface area contributed by atoms with Crippen LogP contribution in [0.4, 0.5) is 15.8 Å². The minimum Gasteiger partial charge on any atom is -0.360 e. The Bertz CT molecular complexity index is 791. The molecule has 1 amide bonds. The van der Waals surface area contributed by atoms with Gasteiger partial charge < -0.3 is 10.6 Å². The first-order chi connectivity index (χ1) is 10.7. The standard InChI is InChI=1S/C13H10FN7O/c14-10-4-9(3-7-1-2-11(22)17-12(7)10)16-6-8(5-15)13-18-20-21-19-13/h3-4,6,16H,1-2H2,(H,17,22)(H,18,19,20,21). The summed E-state index contributed by atoms with van der Waals surface area (Å²) >= 11 is 0. The predicted molar refractivity (Wildman–Crippen MR) is 74.7 cm³/mol. The molecule has 0 spiro atoms. The maximum absolute atomic E-state index is 14.0. The summed E-state index contributed by atoms with van der Waals surface area (Å²) < 4.78 is 14.0. The zero-order chi connectivity index (χ0) is 15.5. The predicted octanol–water partition coefficient (Wildman–Crippen LogP) is 1.20. The molecule has 8 nitrogen and oxygen atoms in total. The SMILES string of the molecule is N#CC(=CNc1cc(F)c2c(c1)CCC(=O)N2)c1nn[nH]n1. The molecule has 2 aromatic rings. The van der Waals surface area contributed by atoms with Crippen LogP contribution in [0, 0.1) is 17.1 Å². The number of amides is 1. The molecule has 2 heterocycles. The number of carbonyl (C=O) groups is 1. The highest BCUT2D eigenvalue weighted by molar-refractivity contribution is 5.94. The number of rotatable bonds is 3. The van der Waals surface area contributed by atoms with Gasteiger partial charge in [-0.2, -0.15) is 10.5 Å². The van der Waals surface area contributed by atoms with Crippen LogP contribution in [-0.4, -0.2) is 26.5 Å². The second-order valence-corrected chi connectivity index (χ2v) is 4.59. The minimum absolute atomic E-state index is 0.140. The average Bonchev–Trinajstić information content (AvgIpc) is 3.03. The number of hydrogen-bond donors (Lipinski definition) is 3. The molecular formula is C13H10FN7O. The molecule has 0 saturated heterocycles. The second kappa shape index (κ2) is 5.61. The monoisotopic (exact) mass is 299 g/mol. The highest BCUT2D eigenvalue weighted by Gasteiger charge is 2.19. The fourth-order valence-corrected chi connectivity index (χ4v) is 2.11. The summed E-state index contributed by atoms with van der Waals surface area (Å²) in [5, 5.41) is 27.4. The molecule has 3 rings (SSSR count). The van der Waals surface area contributed by atoms with Crippen LogP contribution in [0.1, 0.15) is 17.8 Å². The number of H-pyrrole nitrogens is 1. The Hall–Kier alpha value is -3.28. The van der Waals surface area contributed by atoms with Crippen molar-refractivity contribution in [3.8, 4) is 6.07 Å². The van der Waals surface area contributed by atoms with E-state index in [4.69, 9.17) is 5.26 Å². The summed E-state index contributed by atoms with van der Waals surface area (Å²) in [6, 6.07) is 4.88. The molecule has 0 atom stereocenters. The van der Waals surface area contributed by atoms with Crippen molar-refractivity contribution in [1.82, 2.24) is 20.6 Å². The molecule has 9 heteroatoms. The number of benzene rings is 1. The van der Waals surface area contributed by atoms with Crippen molar-refractivity contribution in [2.24, 2.45) is 0 Å². The Morgan fingerprint density at radius 2 is 2.32 bits per heavy atom. The maximum atomic E-state index is 14.0. The van der Waals surface area contributed by atoms with Crippen LogP contribution in [0.3, 0.4) is 0 Å². The van der Waals surface area contributed by atoms with Crippen LogP contribution in [-0.2, 0) is 11.2 Å². The number of fused-ring (bicyclic) bond motifs is 1. The first-order valence-electron chi connectivity index (χ1n) is 6.40. The number of aromatic amines is 1. The van der Waals surface area contributed by atoms with Crippen molar-refractivity contribution < 1.29 is 9.18 Å². The molecule has 1 aromatic heterocycles. The number of tetrazole rings is 1. The van der Waals surface area contributed by atoms with E-state index in [1.807, 2.05) is 6.07 Å². The molecule has 22 heavy (non-hydrogen) atoms. The number of allylic oxidation sites excluding steroid dienone is 1. The smallest absolute Gasteiger partial charge is 0.224 e. The third-order valence-corrected chi connectivity index (χ3v) is 3.15. The van der Waals surface area contributed by atoms with Gasteiger partial charge in [0.25, 0.3) is 0 Å². The van der Waals surface area contributed by atoms with E-state index in [2.05, 4.69) is 31.3 Å². The lowest BCUT2D eigenvalue weighted by Crippen LogP contribution is -2.20. The molecule has 0 unspecified atom stereocenters. The third-order valence-electron chi connectivity index (χ3n) is 3.15. The molecule has 0 aliphatic carbocycles. The van der Waals surface area contributed by atoms with Crippen molar-refractivity contribution in [3.05, 3.63) is 35.5 Å². The van der Waals surface area contributed by atoms with Crippen LogP contribution in [0.15, 0.2) is 18.3 Å². The number of anilines is 2. The van der Waals surface area contributed by atoms with E-state index in [1.54, 1.807) is 6.07 Å². The minimum atomic E-state index is -0.528. The van der Waals surface area contributed by atoms with Crippen LogP contribution >= 0.6 is 0 Å². The number of aryl methyl sites for hydroxylation is 1. The first kappa shape index (κ1) is 13.7. The van der Waals surface area contributed by atoms with Crippen LogP contribution in [0.5, 0.6) is 0 Å². The molecule has 3 N–H and O–H groups in total. The quantitative estimate of drug-likeness (QED) is 0.733. The number of nitrogens with zero attached hydrogens (tertiary/aromatic N) is 4. The Morgan fingerprint density at radius 1 is 1.45 bits per heavy atom. The molecule has 1 aliphatic heterocycles. The van der Waals surface area contributed by atoms with Gasteiger partial charge in [-0.3, -0.25) is 4.79 Å². The zero-order valence-corrected chi connectivity index (χ0v) is 11.2. The lowest BCUT2D eigenvalue weighted by molar-refractivity contribution is -0.116. The highest BCUT2D eigenvalue weighted by Crippen LogP contribution is 2.29. The highest BCUT2D eigenvalue weighted by atomic mass is 19.1. The van der Waals surface area contributed by atoms with E-state index in [-0.39, 0.29) is 23.0 Å². The van der Waals surface area contributed by atoms with Gasteiger partial charge in [-0.1, -0.05) is 0 Å². The number of carbonyl (C=O) groups excluding carboxylic acids is 1. The average molecular weight is 299 g/mol. The summed E-state index contributed by atoms with van der Waals surface area (Å²) in [6.07, 6.45) is 2.15. The van der Waals surface area contributed by atoms with Gasteiger partial charge in [-0.15, -0.1) is 10.2 Å². The largest absolute Gasteiger partial charge is 0.360 e. The lowest BCUT2D eigenvalue weighted by Gasteiger charge is -2.18. The topological polar surface area (TPSA) is 119 Å². The summed E-state index contributed by atoms with van der Waals surface area (Å²) in [5.41, 5.74) is 1.53. The van der Waals surface area contributed by atoms with Crippen molar-refractivity contribution in [3.63, 3.8) is 0 Å². The summed E-state index contributed by atoms with van der Waals surface area (Å²) in [7, 11) is 0. The zero-order valence-electron chi connectivity index (χ0n) is 11.2. The van der Waals surface area contributed by atoms with E-state index in [1.165, 1.54) is 12.3 Å². The number of nitrogens with one attached hydrogen (secondary N) is 3. The fourth-order valence-electron chi connectivity index (χ4n) is 2.11. The summed E-state index contributed by atoms with van der Waals surface area (Å²) in [6.45, 7) is 0. The van der Waals surface area contributed by atoms with Crippen molar-refractivity contribution in [2.45, 2.75) is 12.8 Å². The molecule has 0 radical (unpaired) electrons. The maximum Gasteiger partial charge on any atom is 0.224 e. The number of halogens is 1. The Kier molecular flexibility index (Phi) is 3.49. The van der Waals surface area contributed by atoms with E-state index >= 15 is 0 Å². The van der Waals surface area contributed by atoms with Crippen LogP contribution in [0.25, 0.3) is 5.57 Å². The molecule has 110 valence electrons. The number of nitriles is 1. The van der Waals surface area contributed by atoms with Gasteiger partial charge in [0.05, 0.1) is 5.69 Å². The Morgan fingerprint density at radius 3 is 3.05 bits per heavy atom. The Balaban J connectivity index is 1.86. The van der Waals surface area contributed by atoms with E-state index in [9.17, 15) is 9.18 Å². The summed E-state index contributed by atoms with van der Waals surface area (Å²) in [4.78, 5) is 11.3. The van der Waals surface area contributed by atoms with Gasteiger partial charge in [0, 0.05) is 18.3 Å². The van der Waals surface area contributed by atoms with Gasteiger partial charge in [-0.25, -0.2) is 4.39 Å². The van der Waals surface area contributed by atoms with E-state index in [0.29, 0.717) is 24.1 Å². The van der Waals surface area contributed by atoms with Gasteiger partial charge in [-0.05, 0) is 29.3 Å². The van der Waals surface area contributed by atoms with E-state index in [0.717, 1.165) is 0 Å². The Labute approximate surface area is 124 Å². The van der Waals surface area contributed by atoms with Crippen molar-refractivity contribution in [2.75, 3.05) is 10.6 Å². The number of hydrogen-bond acceptors (Lipinski definition) is 6. The second-order valence-electron chi connectivity index (χ2n) is 4.59. The lowest BCUT2D eigenvalue weighted by atomic mass is 10.0. The molecule has 0 bridgehead atoms. The van der Waals surface area contributed by atoms with Gasteiger partial charge in [0.2, 0.25) is 11.7 Å². The molecule has 0 saturated carbocycles. The van der Waals surface area contributed by atoms with Gasteiger partial charge >= 0.3 is 0 Å². The molecule has 1 aliphatic rings. The van der Waals surface area contributed by atoms with Crippen LogP contribution in [0.2, 0.25) is 0 Å². The summed E-state index contributed by atoms with van der Waals surface area (Å²) in [5.74, 6) is -0.587. The van der Waals surface area contributed by atoms with Crippen molar-refractivity contribution in [1.29, 1.82) is 5.26 Å². The molecule has 0 fully saturated rings. The first-order valence-corrected chi connectivity index (χ1v) is 6.40. The van der Waals surface area contributed by atoms with Crippen molar-refractivity contribution >= 4 is 22.9 Å². The number of aromatic nitrogens is 4. The van der Waals surface area contributed by atoms with E-state index < -0.39 is 5.82 Å².